The predicted octanol–water partition coefficient (Wildman–Crippen LogP) is 1.19. The molecule has 0 fully saturated rings. The number of hydrogen-bond acceptors (Lipinski definition) is 5. The zero-order valence-electron chi connectivity index (χ0n) is 11.9. The summed E-state index contributed by atoms with van der Waals surface area (Å²) in [6.07, 6.45) is 3.76. The lowest BCUT2D eigenvalue weighted by molar-refractivity contribution is -0.123. The second kappa shape index (κ2) is 5.87. The number of nitrogens with two attached hydrogens (primary N) is 1. The molecule has 1 heterocycles. The topological polar surface area (TPSA) is 89.7 Å². The number of sulfonamides is 1. The Morgan fingerprint density at radius 2 is 2.14 bits per heavy atom. The summed E-state index contributed by atoms with van der Waals surface area (Å²) in [6, 6.07) is 3.82. The average molecular weight is 310 g/mol. The van der Waals surface area contributed by atoms with Crippen LogP contribution in [0.25, 0.3) is 0 Å². The number of carbonyl (C=O) groups is 1. The first-order valence-corrected chi connectivity index (χ1v) is 8.10. The van der Waals surface area contributed by atoms with Gasteiger partial charge < -0.3 is 9.64 Å². The van der Waals surface area contributed by atoms with Crippen molar-refractivity contribution in [2.24, 2.45) is 5.14 Å². The van der Waals surface area contributed by atoms with Crippen molar-refractivity contribution in [2.75, 3.05) is 13.7 Å². The lowest BCUT2D eigenvalue weighted by atomic mass is 9.97. The standard InChI is InChI=1S/C14H18N2O4S/c1-3-20-10-6-7-13(21(15,18)19)11(9-10)14-12(17)5-4-8-16(14)2/h4,6-9,14H,3,5H2,1-2H3,(H2,15,18,19). The lowest BCUT2D eigenvalue weighted by Crippen LogP contribution is -2.31. The maximum Gasteiger partial charge on any atom is 0.238 e. The molecule has 0 amide bonds. The van der Waals surface area contributed by atoms with E-state index in [-0.39, 0.29) is 17.1 Å². The highest BCUT2D eigenvalue weighted by atomic mass is 32.2. The van der Waals surface area contributed by atoms with Gasteiger partial charge in [-0.15, -0.1) is 0 Å². The normalized spacial score (nSPS) is 18.9. The highest BCUT2D eigenvalue weighted by Crippen LogP contribution is 2.32. The number of nitrogens with zero attached hydrogens (tertiary/aromatic N) is 1. The van der Waals surface area contributed by atoms with Crippen molar-refractivity contribution < 1.29 is 17.9 Å². The number of rotatable bonds is 4. The largest absolute Gasteiger partial charge is 0.494 e. The molecule has 1 aromatic carbocycles. The fourth-order valence-electron chi connectivity index (χ4n) is 2.41. The first-order valence-electron chi connectivity index (χ1n) is 6.55. The summed E-state index contributed by atoms with van der Waals surface area (Å²) >= 11 is 0. The highest BCUT2D eigenvalue weighted by Gasteiger charge is 2.30. The van der Waals surface area contributed by atoms with Crippen LogP contribution in [0.4, 0.5) is 0 Å². The fraction of sp³-hybridized carbons (Fsp3) is 0.357. The Labute approximate surface area is 124 Å². The Balaban J connectivity index is 2.60. The maximum atomic E-state index is 12.2. The number of likely N-dealkylation sites (N-methyl/N-ethyl adjacent to an activating group) is 1. The van der Waals surface area contributed by atoms with Gasteiger partial charge in [-0.3, -0.25) is 4.79 Å². The second-order valence-corrected chi connectivity index (χ2v) is 6.33. The smallest absolute Gasteiger partial charge is 0.238 e. The Hall–Kier alpha value is -1.86. The zero-order chi connectivity index (χ0) is 15.6. The van der Waals surface area contributed by atoms with E-state index in [1.807, 2.05) is 6.92 Å². The van der Waals surface area contributed by atoms with Crippen LogP contribution < -0.4 is 9.88 Å². The van der Waals surface area contributed by atoms with E-state index in [4.69, 9.17) is 9.88 Å². The molecular weight excluding hydrogens is 292 g/mol. The number of ketones is 1. The minimum atomic E-state index is -3.92. The van der Waals surface area contributed by atoms with Crippen LogP contribution in [-0.4, -0.2) is 32.8 Å². The van der Waals surface area contributed by atoms with E-state index in [1.54, 1.807) is 30.3 Å². The molecule has 1 aromatic rings. The number of ether oxygens (including phenoxy) is 1. The zero-order valence-corrected chi connectivity index (χ0v) is 12.8. The van der Waals surface area contributed by atoms with Crippen LogP contribution in [-0.2, 0) is 14.8 Å². The van der Waals surface area contributed by atoms with Gasteiger partial charge in [-0.05, 0) is 31.3 Å². The summed E-state index contributed by atoms with van der Waals surface area (Å²) in [5.41, 5.74) is 0.348. The third kappa shape index (κ3) is 3.25. The van der Waals surface area contributed by atoms with E-state index in [0.717, 1.165) is 0 Å². The van der Waals surface area contributed by atoms with E-state index in [1.165, 1.54) is 12.1 Å². The van der Waals surface area contributed by atoms with E-state index < -0.39 is 16.1 Å². The van der Waals surface area contributed by atoms with Crippen molar-refractivity contribution in [3.05, 3.63) is 36.0 Å². The predicted molar refractivity (Wildman–Crippen MR) is 78.3 cm³/mol. The first-order chi connectivity index (χ1) is 9.84. The molecule has 1 atom stereocenters. The van der Waals surface area contributed by atoms with Gasteiger partial charge in [0, 0.05) is 19.0 Å². The SMILES string of the molecule is CCOc1ccc(S(N)(=O)=O)c(C2C(=O)CC=CN2C)c1. The Morgan fingerprint density at radius 1 is 1.43 bits per heavy atom. The van der Waals surface area contributed by atoms with Gasteiger partial charge in [0.25, 0.3) is 0 Å². The van der Waals surface area contributed by atoms with Gasteiger partial charge in [0.1, 0.15) is 11.8 Å². The van der Waals surface area contributed by atoms with E-state index in [2.05, 4.69) is 0 Å². The molecule has 1 aliphatic heterocycles. The Kier molecular flexibility index (Phi) is 4.34. The van der Waals surface area contributed by atoms with Crippen molar-refractivity contribution >= 4 is 15.8 Å². The van der Waals surface area contributed by atoms with Crippen LogP contribution in [0.5, 0.6) is 5.75 Å². The maximum absolute atomic E-state index is 12.2. The monoisotopic (exact) mass is 310 g/mol. The van der Waals surface area contributed by atoms with E-state index >= 15 is 0 Å². The third-order valence-electron chi connectivity index (χ3n) is 3.27. The number of primary sulfonamides is 1. The molecule has 0 aliphatic carbocycles. The Morgan fingerprint density at radius 3 is 2.71 bits per heavy atom. The molecule has 0 bridgehead atoms. The van der Waals surface area contributed by atoms with Gasteiger partial charge in [0.15, 0.2) is 5.78 Å². The van der Waals surface area contributed by atoms with Crippen molar-refractivity contribution in [1.82, 2.24) is 4.90 Å². The van der Waals surface area contributed by atoms with Crippen LogP contribution in [0.3, 0.4) is 0 Å². The lowest BCUT2D eigenvalue weighted by Gasteiger charge is -2.30. The Bertz CT molecular complexity index is 682. The van der Waals surface area contributed by atoms with Gasteiger partial charge in [-0.2, -0.15) is 0 Å². The number of carbonyl (C=O) groups excluding carboxylic acids is 1. The van der Waals surface area contributed by atoms with Gasteiger partial charge >= 0.3 is 0 Å². The van der Waals surface area contributed by atoms with Crippen molar-refractivity contribution in [1.29, 1.82) is 0 Å². The molecular formula is C14H18N2O4S. The number of benzene rings is 1. The molecule has 0 spiro atoms. The average Bonchev–Trinajstić information content (AvgIpc) is 2.38. The summed E-state index contributed by atoms with van der Waals surface area (Å²) in [7, 11) is -2.20. The van der Waals surface area contributed by atoms with Crippen LogP contribution in [0.2, 0.25) is 0 Å². The number of hydrogen-bond donors (Lipinski definition) is 1. The third-order valence-corrected chi connectivity index (χ3v) is 4.25. The molecule has 1 aliphatic rings. The highest BCUT2D eigenvalue weighted by molar-refractivity contribution is 7.89. The first kappa shape index (κ1) is 15.5. The number of Topliss-reactive ketones (excluding diaryl/α,β-unsaturated/α-hetero) is 1. The summed E-state index contributed by atoms with van der Waals surface area (Å²) in [5, 5.41) is 5.26. The van der Waals surface area contributed by atoms with Crippen LogP contribution in [0.1, 0.15) is 24.9 Å². The van der Waals surface area contributed by atoms with Crippen LogP contribution in [0, 0.1) is 0 Å². The molecule has 0 radical (unpaired) electrons. The molecule has 7 heteroatoms. The molecule has 0 aromatic heterocycles. The fourth-order valence-corrected chi connectivity index (χ4v) is 3.17. The van der Waals surface area contributed by atoms with E-state index in [0.29, 0.717) is 17.9 Å². The summed E-state index contributed by atoms with van der Waals surface area (Å²) in [5.74, 6) is 0.425. The second-order valence-electron chi connectivity index (χ2n) is 4.80. The number of allylic oxidation sites excluding steroid dienone is 1. The molecule has 114 valence electrons. The van der Waals surface area contributed by atoms with Gasteiger partial charge in [0.2, 0.25) is 10.0 Å². The molecule has 1 unspecified atom stereocenters. The quantitative estimate of drug-likeness (QED) is 0.902. The van der Waals surface area contributed by atoms with Crippen molar-refractivity contribution in [3.63, 3.8) is 0 Å². The van der Waals surface area contributed by atoms with Crippen molar-refractivity contribution in [3.8, 4) is 5.75 Å². The van der Waals surface area contributed by atoms with Crippen LogP contribution in [0.15, 0.2) is 35.4 Å². The molecule has 0 saturated carbocycles. The summed E-state index contributed by atoms with van der Waals surface area (Å²) in [4.78, 5) is 13.8. The summed E-state index contributed by atoms with van der Waals surface area (Å²) < 4.78 is 28.9. The molecule has 21 heavy (non-hydrogen) atoms. The molecule has 2 rings (SSSR count). The minimum Gasteiger partial charge on any atom is -0.494 e. The van der Waals surface area contributed by atoms with E-state index in [9.17, 15) is 13.2 Å². The van der Waals surface area contributed by atoms with Crippen LogP contribution >= 0.6 is 0 Å². The molecule has 0 saturated heterocycles. The summed E-state index contributed by atoms with van der Waals surface area (Å²) in [6.45, 7) is 2.27. The van der Waals surface area contributed by atoms with Gasteiger partial charge in [0.05, 0.1) is 11.5 Å². The van der Waals surface area contributed by atoms with Gasteiger partial charge in [-0.1, -0.05) is 6.08 Å². The van der Waals surface area contributed by atoms with Crippen molar-refractivity contribution in [2.45, 2.75) is 24.3 Å². The molecule has 6 nitrogen and oxygen atoms in total. The minimum absolute atomic E-state index is 0.0496. The molecule has 2 N–H and O–H groups in total. The van der Waals surface area contributed by atoms with Gasteiger partial charge in [-0.25, -0.2) is 13.6 Å².